The number of hydrogen-bond donors (Lipinski definition) is 1. The molecule has 0 radical (unpaired) electrons. The summed E-state index contributed by atoms with van der Waals surface area (Å²) in [5.74, 6) is 1.52. The van der Waals surface area contributed by atoms with E-state index in [0.717, 1.165) is 5.56 Å². The molecule has 1 aromatic heterocycles. The predicted molar refractivity (Wildman–Crippen MR) is 74.7 cm³/mol. The van der Waals surface area contributed by atoms with Gasteiger partial charge in [-0.25, -0.2) is 4.98 Å². The fourth-order valence-corrected chi connectivity index (χ4v) is 1.92. The lowest BCUT2D eigenvalue weighted by atomic mass is 10.1. The second kappa shape index (κ2) is 5.64. The third-order valence-electron chi connectivity index (χ3n) is 3.11. The molecule has 2 rings (SSSR count). The SMILES string of the molecule is COc1cc(OC)cc(-c2nccn2C(C)C(N)=O)c1. The molecule has 1 heterocycles. The van der Waals surface area contributed by atoms with Gasteiger partial charge >= 0.3 is 0 Å². The van der Waals surface area contributed by atoms with E-state index in [1.165, 1.54) is 0 Å². The summed E-state index contributed by atoms with van der Waals surface area (Å²) in [6.07, 6.45) is 3.34. The molecule has 0 spiro atoms. The molecule has 0 saturated heterocycles. The molecule has 0 aliphatic heterocycles. The number of hydrogen-bond acceptors (Lipinski definition) is 4. The standard InChI is InChI=1S/C14H17N3O3/c1-9(13(15)18)17-5-4-16-14(17)10-6-11(19-2)8-12(7-10)20-3/h4-9H,1-3H3,(H2,15,18). The Bertz CT molecular complexity index is 600. The van der Waals surface area contributed by atoms with E-state index in [0.29, 0.717) is 17.3 Å². The number of nitrogens with zero attached hydrogens (tertiary/aromatic N) is 2. The average Bonchev–Trinajstić information content (AvgIpc) is 2.94. The lowest BCUT2D eigenvalue weighted by molar-refractivity contribution is -0.120. The highest BCUT2D eigenvalue weighted by atomic mass is 16.5. The number of nitrogens with two attached hydrogens (primary N) is 1. The molecule has 2 aromatic rings. The van der Waals surface area contributed by atoms with Gasteiger partial charge in [0.15, 0.2) is 0 Å². The summed E-state index contributed by atoms with van der Waals surface area (Å²) >= 11 is 0. The van der Waals surface area contributed by atoms with Crippen molar-refractivity contribution in [3.63, 3.8) is 0 Å². The van der Waals surface area contributed by atoms with E-state index in [9.17, 15) is 4.79 Å². The molecular weight excluding hydrogens is 258 g/mol. The Morgan fingerprint density at radius 3 is 2.35 bits per heavy atom. The third-order valence-corrected chi connectivity index (χ3v) is 3.11. The van der Waals surface area contributed by atoms with Crippen LogP contribution in [0.15, 0.2) is 30.6 Å². The Morgan fingerprint density at radius 2 is 1.85 bits per heavy atom. The molecular formula is C14H17N3O3. The van der Waals surface area contributed by atoms with E-state index in [4.69, 9.17) is 15.2 Å². The van der Waals surface area contributed by atoms with Crippen molar-refractivity contribution in [1.82, 2.24) is 9.55 Å². The first-order valence-corrected chi connectivity index (χ1v) is 6.12. The van der Waals surface area contributed by atoms with E-state index < -0.39 is 11.9 Å². The lowest BCUT2D eigenvalue weighted by Crippen LogP contribution is -2.24. The predicted octanol–water partition coefficient (Wildman–Crippen LogP) is 1.61. The van der Waals surface area contributed by atoms with Crippen LogP contribution in [0.5, 0.6) is 11.5 Å². The van der Waals surface area contributed by atoms with Crippen molar-refractivity contribution in [2.75, 3.05) is 14.2 Å². The monoisotopic (exact) mass is 275 g/mol. The normalized spacial score (nSPS) is 11.9. The van der Waals surface area contributed by atoms with E-state index in [1.807, 2.05) is 12.1 Å². The zero-order valence-corrected chi connectivity index (χ0v) is 11.7. The molecule has 1 atom stereocenters. The second-order valence-electron chi connectivity index (χ2n) is 4.34. The fraction of sp³-hybridized carbons (Fsp3) is 0.286. The van der Waals surface area contributed by atoms with Gasteiger partial charge in [0.1, 0.15) is 23.4 Å². The van der Waals surface area contributed by atoms with Gasteiger partial charge in [-0.2, -0.15) is 0 Å². The minimum Gasteiger partial charge on any atom is -0.497 e. The minimum absolute atomic E-state index is 0.417. The molecule has 1 unspecified atom stereocenters. The summed E-state index contributed by atoms with van der Waals surface area (Å²) in [5, 5.41) is 0. The van der Waals surface area contributed by atoms with Crippen LogP contribution in [-0.2, 0) is 4.79 Å². The molecule has 20 heavy (non-hydrogen) atoms. The molecule has 1 amide bonds. The maximum Gasteiger partial charge on any atom is 0.240 e. The smallest absolute Gasteiger partial charge is 0.240 e. The maximum atomic E-state index is 11.4. The van der Waals surface area contributed by atoms with Crippen molar-refractivity contribution in [2.24, 2.45) is 5.73 Å². The van der Waals surface area contributed by atoms with Gasteiger partial charge in [0.25, 0.3) is 0 Å². The number of carbonyl (C=O) groups excluding carboxylic acids is 1. The topological polar surface area (TPSA) is 79.4 Å². The Balaban J connectivity index is 2.52. The highest BCUT2D eigenvalue weighted by Gasteiger charge is 2.17. The number of carbonyl (C=O) groups is 1. The van der Waals surface area contributed by atoms with E-state index >= 15 is 0 Å². The zero-order valence-electron chi connectivity index (χ0n) is 11.7. The van der Waals surface area contributed by atoms with Crippen molar-refractivity contribution >= 4 is 5.91 Å². The van der Waals surface area contributed by atoms with Gasteiger partial charge < -0.3 is 19.8 Å². The van der Waals surface area contributed by atoms with Crippen LogP contribution in [0.2, 0.25) is 0 Å². The third kappa shape index (κ3) is 2.59. The molecule has 6 nitrogen and oxygen atoms in total. The number of ether oxygens (including phenoxy) is 2. The molecule has 1 aromatic carbocycles. The Labute approximate surface area is 117 Å². The van der Waals surface area contributed by atoms with Crippen LogP contribution < -0.4 is 15.2 Å². The molecule has 106 valence electrons. The Kier molecular flexibility index (Phi) is 3.93. The zero-order chi connectivity index (χ0) is 14.7. The highest BCUT2D eigenvalue weighted by Crippen LogP contribution is 2.30. The van der Waals surface area contributed by atoms with E-state index in [2.05, 4.69) is 4.98 Å². The van der Waals surface area contributed by atoms with Gasteiger partial charge in [-0.15, -0.1) is 0 Å². The Morgan fingerprint density at radius 1 is 1.25 bits per heavy atom. The number of amides is 1. The van der Waals surface area contributed by atoms with Crippen LogP contribution in [0.1, 0.15) is 13.0 Å². The van der Waals surface area contributed by atoms with Crippen molar-refractivity contribution < 1.29 is 14.3 Å². The van der Waals surface area contributed by atoms with Crippen molar-refractivity contribution in [2.45, 2.75) is 13.0 Å². The van der Waals surface area contributed by atoms with Gasteiger partial charge in [0, 0.05) is 24.0 Å². The molecule has 2 N–H and O–H groups in total. The van der Waals surface area contributed by atoms with Crippen LogP contribution in [-0.4, -0.2) is 29.7 Å². The largest absolute Gasteiger partial charge is 0.497 e. The number of methoxy groups -OCH3 is 2. The first kappa shape index (κ1) is 13.9. The van der Waals surface area contributed by atoms with Crippen LogP contribution in [0, 0.1) is 0 Å². The number of primary amides is 1. The summed E-state index contributed by atoms with van der Waals surface area (Å²) in [6, 6.07) is 4.95. The fourth-order valence-electron chi connectivity index (χ4n) is 1.92. The average molecular weight is 275 g/mol. The summed E-state index contributed by atoms with van der Waals surface area (Å²) in [7, 11) is 3.16. The summed E-state index contributed by atoms with van der Waals surface area (Å²) in [6.45, 7) is 1.73. The quantitative estimate of drug-likeness (QED) is 0.899. The first-order valence-electron chi connectivity index (χ1n) is 6.12. The Hall–Kier alpha value is -2.50. The minimum atomic E-state index is -0.482. The second-order valence-corrected chi connectivity index (χ2v) is 4.34. The lowest BCUT2D eigenvalue weighted by Gasteiger charge is -2.14. The van der Waals surface area contributed by atoms with Gasteiger partial charge in [-0.3, -0.25) is 4.79 Å². The highest BCUT2D eigenvalue weighted by molar-refractivity contribution is 5.79. The van der Waals surface area contributed by atoms with Gasteiger partial charge in [0.05, 0.1) is 14.2 Å². The van der Waals surface area contributed by atoms with Crippen molar-refractivity contribution in [3.8, 4) is 22.9 Å². The maximum absolute atomic E-state index is 11.4. The molecule has 6 heteroatoms. The van der Waals surface area contributed by atoms with E-state index in [-0.39, 0.29) is 0 Å². The molecule has 0 aliphatic rings. The van der Waals surface area contributed by atoms with E-state index in [1.54, 1.807) is 44.2 Å². The summed E-state index contributed by atoms with van der Waals surface area (Å²) in [5.41, 5.74) is 6.14. The number of imidazole rings is 1. The number of rotatable bonds is 5. The molecule has 0 saturated carbocycles. The van der Waals surface area contributed by atoms with Crippen molar-refractivity contribution in [1.29, 1.82) is 0 Å². The molecule has 0 fully saturated rings. The number of aromatic nitrogens is 2. The first-order chi connectivity index (χ1) is 9.56. The summed E-state index contributed by atoms with van der Waals surface area (Å²) < 4.78 is 12.2. The molecule has 0 bridgehead atoms. The van der Waals surface area contributed by atoms with Gasteiger partial charge in [-0.05, 0) is 19.1 Å². The van der Waals surface area contributed by atoms with Crippen LogP contribution in [0.4, 0.5) is 0 Å². The molecule has 0 aliphatic carbocycles. The summed E-state index contributed by atoms with van der Waals surface area (Å²) in [4.78, 5) is 15.6. The van der Waals surface area contributed by atoms with Gasteiger partial charge in [0.2, 0.25) is 5.91 Å². The van der Waals surface area contributed by atoms with Crippen LogP contribution in [0.3, 0.4) is 0 Å². The van der Waals surface area contributed by atoms with Gasteiger partial charge in [-0.1, -0.05) is 0 Å². The van der Waals surface area contributed by atoms with Crippen LogP contribution in [0.25, 0.3) is 11.4 Å². The van der Waals surface area contributed by atoms with Crippen LogP contribution >= 0.6 is 0 Å². The number of benzene rings is 1. The van der Waals surface area contributed by atoms with Crippen molar-refractivity contribution in [3.05, 3.63) is 30.6 Å².